The molecule has 2 N–H and O–H groups in total. The number of ether oxygens (including phenoxy) is 1. The normalized spacial score (nSPS) is 37.5. The van der Waals surface area contributed by atoms with Gasteiger partial charge in [0.2, 0.25) is 0 Å². The first-order chi connectivity index (χ1) is 9.34. The first-order valence-electron chi connectivity index (χ1n) is 7.79. The van der Waals surface area contributed by atoms with Crippen molar-refractivity contribution in [1.82, 2.24) is 0 Å². The molecule has 1 aliphatic heterocycles. The smallest absolute Gasteiger partial charge is 0.0842 e. The fraction of sp³-hybridized carbons (Fsp3) is 0.647. The predicted molar refractivity (Wildman–Crippen MR) is 75.8 cm³/mol. The van der Waals surface area contributed by atoms with Gasteiger partial charge < -0.3 is 10.5 Å². The summed E-state index contributed by atoms with van der Waals surface area (Å²) < 4.78 is 6.00. The molecule has 4 rings (SSSR count). The molecule has 1 heterocycles. The summed E-state index contributed by atoms with van der Waals surface area (Å²) >= 11 is 0. The summed E-state index contributed by atoms with van der Waals surface area (Å²) in [6.45, 7) is 0.853. The van der Waals surface area contributed by atoms with Gasteiger partial charge in [0.1, 0.15) is 0 Å². The van der Waals surface area contributed by atoms with Crippen LogP contribution >= 0.6 is 0 Å². The molecule has 0 saturated heterocycles. The predicted octanol–water partition coefficient (Wildman–Crippen LogP) is 3.06. The van der Waals surface area contributed by atoms with Crippen LogP contribution in [0, 0.1) is 17.8 Å². The second kappa shape index (κ2) is 4.60. The molecule has 2 aliphatic carbocycles. The largest absolute Gasteiger partial charge is 0.373 e. The molecular formula is C17H23NO. The Morgan fingerprint density at radius 1 is 1.21 bits per heavy atom. The van der Waals surface area contributed by atoms with E-state index in [0.29, 0.717) is 6.04 Å². The van der Waals surface area contributed by atoms with E-state index in [1.165, 1.54) is 30.4 Å². The van der Waals surface area contributed by atoms with Crippen molar-refractivity contribution in [3.63, 3.8) is 0 Å². The fourth-order valence-electron chi connectivity index (χ4n) is 4.59. The maximum absolute atomic E-state index is 6.48. The Morgan fingerprint density at radius 2 is 2.00 bits per heavy atom. The van der Waals surface area contributed by atoms with E-state index in [1.54, 1.807) is 0 Å². The molecule has 4 atom stereocenters. The van der Waals surface area contributed by atoms with Gasteiger partial charge >= 0.3 is 0 Å². The van der Waals surface area contributed by atoms with Crippen LogP contribution in [0.15, 0.2) is 24.3 Å². The van der Waals surface area contributed by atoms with Crippen LogP contribution in [0.1, 0.15) is 42.9 Å². The number of hydrogen-bond donors (Lipinski definition) is 1. The zero-order valence-corrected chi connectivity index (χ0v) is 11.4. The standard InChI is InChI=1S/C17H23NO/c18-15(17-13-6-3-7-14(13)17)10-16-12-5-2-1-4-11(12)8-9-19-16/h1-2,4-5,13-17H,3,6-10,18H2. The highest BCUT2D eigenvalue weighted by Crippen LogP contribution is 2.59. The molecule has 2 nitrogen and oxygen atoms in total. The maximum atomic E-state index is 6.48. The topological polar surface area (TPSA) is 35.2 Å². The van der Waals surface area contributed by atoms with Crippen LogP contribution in [0.4, 0.5) is 0 Å². The van der Waals surface area contributed by atoms with Gasteiger partial charge in [-0.25, -0.2) is 0 Å². The van der Waals surface area contributed by atoms with Gasteiger partial charge in [-0.1, -0.05) is 30.7 Å². The van der Waals surface area contributed by atoms with Crippen molar-refractivity contribution >= 4 is 0 Å². The van der Waals surface area contributed by atoms with E-state index >= 15 is 0 Å². The fourth-order valence-corrected chi connectivity index (χ4v) is 4.59. The summed E-state index contributed by atoms with van der Waals surface area (Å²) in [5.41, 5.74) is 9.32. The minimum atomic E-state index is 0.237. The third kappa shape index (κ3) is 2.02. The second-order valence-corrected chi connectivity index (χ2v) is 6.54. The lowest BCUT2D eigenvalue weighted by molar-refractivity contribution is 0.0299. The molecule has 0 aromatic heterocycles. The Bertz CT molecular complexity index is 462. The van der Waals surface area contributed by atoms with Crippen LogP contribution in [-0.4, -0.2) is 12.6 Å². The lowest BCUT2D eigenvalue weighted by atomic mass is 9.91. The van der Waals surface area contributed by atoms with Gasteiger partial charge in [-0.05, 0) is 54.6 Å². The highest BCUT2D eigenvalue weighted by atomic mass is 16.5. The summed E-state index contributed by atoms with van der Waals surface area (Å²) in [5.74, 6) is 2.70. The number of hydrogen-bond acceptors (Lipinski definition) is 2. The van der Waals surface area contributed by atoms with Gasteiger partial charge in [0.15, 0.2) is 0 Å². The van der Waals surface area contributed by atoms with Gasteiger partial charge in [0.05, 0.1) is 12.7 Å². The Kier molecular flexibility index (Phi) is 2.89. The average molecular weight is 257 g/mol. The molecule has 2 fully saturated rings. The number of nitrogens with two attached hydrogens (primary N) is 1. The molecule has 2 saturated carbocycles. The molecule has 1 aromatic rings. The van der Waals surface area contributed by atoms with Gasteiger partial charge in [-0.15, -0.1) is 0 Å². The summed E-state index contributed by atoms with van der Waals surface area (Å²) in [5, 5.41) is 0. The highest BCUT2D eigenvalue weighted by molar-refractivity contribution is 5.31. The monoisotopic (exact) mass is 257 g/mol. The van der Waals surface area contributed by atoms with Gasteiger partial charge in [-0.3, -0.25) is 0 Å². The first kappa shape index (κ1) is 11.9. The summed E-state index contributed by atoms with van der Waals surface area (Å²) in [7, 11) is 0. The van der Waals surface area contributed by atoms with Crippen molar-refractivity contribution < 1.29 is 4.74 Å². The summed E-state index contributed by atoms with van der Waals surface area (Å²) in [4.78, 5) is 0. The van der Waals surface area contributed by atoms with Crippen LogP contribution in [0.25, 0.3) is 0 Å². The van der Waals surface area contributed by atoms with Crippen molar-refractivity contribution in [1.29, 1.82) is 0 Å². The van der Waals surface area contributed by atoms with Crippen LogP contribution in [0.2, 0.25) is 0 Å². The van der Waals surface area contributed by atoms with Crippen LogP contribution < -0.4 is 5.73 Å². The van der Waals surface area contributed by atoms with Crippen molar-refractivity contribution in [3.8, 4) is 0 Å². The molecule has 0 spiro atoms. The molecule has 19 heavy (non-hydrogen) atoms. The zero-order valence-electron chi connectivity index (χ0n) is 11.4. The van der Waals surface area contributed by atoms with Crippen molar-refractivity contribution in [2.75, 3.05) is 6.61 Å². The maximum Gasteiger partial charge on any atom is 0.0842 e. The number of rotatable bonds is 3. The lowest BCUT2D eigenvalue weighted by Crippen LogP contribution is -2.30. The van der Waals surface area contributed by atoms with E-state index in [-0.39, 0.29) is 6.10 Å². The molecule has 102 valence electrons. The van der Waals surface area contributed by atoms with Crippen molar-refractivity contribution in [3.05, 3.63) is 35.4 Å². The SMILES string of the molecule is NC(CC1OCCc2ccccc21)C1C2CCCC21. The Hall–Kier alpha value is -0.860. The van der Waals surface area contributed by atoms with Crippen LogP contribution in [-0.2, 0) is 11.2 Å². The molecule has 4 unspecified atom stereocenters. The van der Waals surface area contributed by atoms with E-state index in [1.807, 2.05) is 0 Å². The van der Waals surface area contributed by atoms with E-state index in [4.69, 9.17) is 10.5 Å². The quantitative estimate of drug-likeness (QED) is 0.903. The molecular weight excluding hydrogens is 234 g/mol. The Labute approximate surface area is 115 Å². The second-order valence-electron chi connectivity index (χ2n) is 6.54. The van der Waals surface area contributed by atoms with Crippen molar-refractivity contribution in [2.45, 2.75) is 44.2 Å². The summed E-state index contributed by atoms with van der Waals surface area (Å²) in [6, 6.07) is 9.05. The van der Waals surface area contributed by atoms with E-state index in [9.17, 15) is 0 Å². The van der Waals surface area contributed by atoms with Crippen molar-refractivity contribution in [2.24, 2.45) is 23.5 Å². The van der Waals surface area contributed by atoms with Gasteiger partial charge in [0, 0.05) is 6.04 Å². The van der Waals surface area contributed by atoms with E-state index < -0.39 is 0 Å². The summed E-state index contributed by atoms with van der Waals surface area (Å²) in [6.07, 6.45) is 6.57. The lowest BCUT2D eigenvalue weighted by Gasteiger charge is -2.28. The molecule has 3 aliphatic rings. The highest BCUT2D eigenvalue weighted by Gasteiger charge is 2.55. The van der Waals surface area contributed by atoms with Gasteiger partial charge in [0.25, 0.3) is 0 Å². The first-order valence-corrected chi connectivity index (χ1v) is 7.79. The van der Waals surface area contributed by atoms with Crippen LogP contribution in [0.3, 0.4) is 0 Å². The minimum absolute atomic E-state index is 0.237. The number of benzene rings is 1. The zero-order chi connectivity index (χ0) is 12.8. The average Bonchev–Trinajstić information content (AvgIpc) is 2.93. The van der Waals surface area contributed by atoms with E-state index in [2.05, 4.69) is 24.3 Å². The molecule has 1 aromatic carbocycles. The molecule has 2 heteroatoms. The number of fused-ring (bicyclic) bond motifs is 2. The Morgan fingerprint density at radius 3 is 2.84 bits per heavy atom. The minimum Gasteiger partial charge on any atom is -0.373 e. The van der Waals surface area contributed by atoms with Crippen LogP contribution in [0.5, 0.6) is 0 Å². The van der Waals surface area contributed by atoms with E-state index in [0.717, 1.165) is 37.2 Å². The molecule has 0 amide bonds. The van der Waals surface area contributed by atoms with Gasteiger partial charge in [-0.2, -0.15) is 0 Å². The Balaban J connectivity index is 1.46. The molecule has 0 radical (unpaired) electrons. The third-order valence-electron chi connectivity index (χ3n) is 5.55. The third-order valence-corrected chi connectivity index (χ3v) is 5.55. The molecule has 0 bridgehead atoms.